The second-order valence-electron chi connectivity index (χ2n) is 14.4. The van der Waals surface area contributed by atoms with Crippen LogP contribution >= 0.6 is 0 Å². The highest BCUT2D eigenvalue weighted by Gasteiger charge is 2.41. The summed E-state index contributed by atoms with van der Waals surface area (Å²) in [6.07, 6.45) is 3.73. The number of hydroxylamine groups is 2. The van der Waals surface area contributed by atoms with Crippen molar-refractivity contribution in [3.05, 3.63) is 185 Å². The molecule has 2 aliphatic rings. The highest BCUT2D eigenvalue weighted by molar-refractivity contribution is 5.49. The van der Waals surface area contributed by atoms with E-state index in [0.717, 1.165) is 54.0 Å². The van der Waals surface area contributed by atoms with Crippen LogP contribution in [0, 0.1) is 23.3 Å². The van der Waals surface area contributed by atoms with Crippen molar-refractivity contribution in [1.82, 2.24) is 19.8 Å². The Balaban J connectivity index is 1.15. The van der Waals surface area contributed by atoms with E-state index in [9.17, 15) is 22.8 Å². The van der Waals surface area contributed by atoms with E-state index in [4.69, 9.17) is 4.74 Å². The van der Waals surface area contributed by atoms with Crippen molar-refractivity contribution < 1.29 is 27.5 Å². The Bertz CT molecular complexity index is 1880. The fourth-order valence-corrected chi connectivity index (χ4v) is 8.09. The molecule has 0 bridgehead atoms. The molecule has 2 aliphatic heterocycles. The average molecular weight is 751 g/mol. The van der Waals surface area contributed by atoms with E-state index < -0.39 is 18.2 Å². The van der Waals surface area contributed by atoms with Gasteiger partial charge in [-0.1, -0.05) is 91.0 Å². The number of piperazine rings is 2. The van der Waals surface area contributed by atoms with Gasteiger partial charge in [-0.15, -0.1) is 0 Å². The molecule has 6 nitrogen and oxygen atoms in total. The van der Waals surface area contributed by atoms with Gasteiger partial charge in [0.2, 0.25) is 0 Å². The molecular formula is C45H46F4N4O2. The zero-order valence-corrected chi connectivity index (χ0v) is 30.8. The molecule has 0 radical (unpaired) electrons. The molecule has 5 aromatic carbocycles. The maximum absolute atomic E-state index is 14.1. The summed E-state index contributed by atoms with van der Waals surface area (Å²) in [5.41, 5.74) is 4.55. The van der Waals surface area contributed by atoms with E-state index in [-0.39, 0.29) is 35.4 Å². The summed E-state index contributed by atoms with van der Waals surface area (Å²) in [4.78, 5) is 7.13. The summed E-state index contributed by atoms with van der Waals surface area (Å²) in [5.74, 6) is -1.75. The van der Waals surface area contributed by atoms with Crippen molar-refractivity contribution in [2.24, 2.45) is 0 Å². The molecule has 0 saturated carbocycles. The molecular weight excluding hydrogens is 705 g/mol. The quantitative estimate of drug-likeness (QED) is 0.130. The van der Waals surface area contributed by atoms with Gasteiger partial charge in [-0.25, -0.2) is 17.6 Å². The molecule has 0 amide bonds. The molecule has 3 unspecified atom stereocenters. The van der Waals surface area contributed by atoms with Gasteiger partial charge in [-0.05, 0) is 76.3 Å². The molecule has 0 spiro atoms. The topological polar surface area (TPSA) is 42.4 Å². The fraction of sp³-hybridized carbons (Fsp3) is 0.289. The van der Waals surface area contributed by atoms with E-state index in [1.807, 2.05) is 18.2 Å². The van der Waals surface area contributed by atoms with Crippen molar-refractivity contribution in [2.75, 3.05) is 52.9 Å². The van der Waals surface area contributed by atoms with Crippen LogP contribution < -0.4 is 0 Å². The van der Waals surface area contributed by atoms with Crippen LogP contribution in [0.25, 0.3) is 6.08 Å². The van der Waals surface area contributed by atoms with Crippen LogP contribution in [-0.4, -0.2) is 96.2 Å². The van der Waals surface area contributed by atoms with E-state index in [2.05, 4.69) is 39.0 Å². The van der Waals surface area contributed by atoms with Crippen LogP contribution in [0.4, 0.5) is 17.6 Å². The van der Waals surface area contributed by atoms with Crippen LogP contribution in [0.2, 0.25) is 0 Å². The summed E-state index contributed by atoms with van der Waals surface area (Å²) in [7, 11) is 1.57. The van der Waals surface area contributed by atoms with Gasteiger partial charge in [0.15, 0.2) is 0 Å². The molecule has 1 N–H and O–H groups in total. The number of hydrogen-bond acceptors (Lipinski definition) is 6. The number of nitrogens with zero attached hydrogens (tertiary/aromatic N) is 4. The molecule has 2 heterocycles. The van der Waals surface area contributed by atoms with Gasteiger partial charge < -0.3 is 9.94 Å². The lowest BCUT2D eigenvalue weighted by molar-refractivity contribution is -0.260. The minimum absolute atomic E-state index is 0.0176. The molecule has 0 aliphatic carbocycles. The summed E-state index contributed by atoms with van der Waals surface area (Å²) in [5, 5.41) is 12.9. The molecule has 55 heavy (non-hydrogen) atoms. The van der Waals surface area contributed by atoms with Crippen molar-refractivity contribution in [3.8, 4) is 0 Å². The Labute approximate surface area is 320 Å². The normalized spacial score (nSPS) is 19.8. The molecule has 7 rings (SSSR count). The first kappa shape index (κ1) is 38.6. The predicted molar refractivity (Wildman–Crippen MR) is 206 cm³/mol. The molecule has 2 fully saturated rings. The Morgan fingerprint density at radius 3 is 1.55 bits per heavy atom. The summed E-state index contributed by atoms with van der Waals surface area (Å²) >= 11 is 0. The van der Waals surface area contributed by atoms with E-state index in [1.54, 1.807) is 55.6 Å². The summed E-state index contributed by atoms with van der Waals surface area (Å²) in [6.45, 7) is 4.46. The van der Waals surface area contributed by atoms with Crippen molar-refractivity contribution in [2.45, 2.75) is 30.3 Å². The number of ether oxygens (including phenoxy) is 1. The first-order valence-electron chi connectivity index (χ1n) is 18.7. The van der Waals surface area contributed by atoms with Crippen LogP contribution in [0.5, 0.6) is 0 Å². The largest absolute Gasteiger partial charge is 0.363 e. The number of hydrogen-bond donors (Lipinski definition) is 1. The third kappa shape index (κ3) is 9.41. The number of methoxy groups -OCH3 is 1. The highest BCUT2D eigenvalue weighted by atomic mass is 19.1. The predicted octanol–water partition coefficient (Wildman–Crippen LogP) is 8.21. The zero-order valence-electron chi connectivity index (χ0n) is 30.8. The lowest BCUT2D eigenvalue weighted by Gasteiger charge is -2.48. The molecule has 10 heteroatoms. The van der Waals surface area contributed by atoms with Crippen molar-refractivity contribution in [3.63, 3.8) is 0 Å². The lowest BCUT2D eigenvalue weighted by atomic mass is 9.83. The maximum Gasteiger partial charge on any atom is 0.145 e. The summed E-state index contributed by atoms with van der Waals surface area (Å²) in [6, 6.07) is 35.0. The average Bonchev–Trinajstić information content (AvgIpc) is 3.21. The Kier molecular flexibility index (Phi) is 12.5. The van der Waals surface area contributed by atoms with E-state index >= 15 is 0 Å². The number of benzene rings is 5. The molecule has 0 aromatic heterocycles. The molecule has 3 atom stereocenters. The van der Waals surface area contributed by atoms with Crippen molar-refractivity contribution in [1.29, 1.82) is 0 Å². The zero-order chi connectivity index (χ0) is 38.3. The lowest BCUT2D eigenvalue weighted by Crippen LogP contribution is -2.62. The Morgan fingerprint density at radius 2 is 1.07 bits per heavy atom. The summed E-state index contributed by atoms with van der Waals surface area (Å²) < 4.78 is 62.0. The first-order valence-corrected chi connectivity index (χ1v) is 18.7. The minimum Gasteiger partial charge on any atom is -0.363 e. The fourth-order valence-electron chi connectivity index (χ4n) is 8.09. The first-order chi connectivity index (χ1) is 26.7. The molecule has 2 saturated heterocycles. The molecule has 5 aromatic rings. The SMILES string of the molecule is COC1CN(CC(C=Cc2ccccc2)N2CCN(C(c3ccc(F)cc3)c3ccc(F)cc3)CC2)CC(C(c2ccc(F)cc2)c2ccc(F)cc2)N1O. The van der Waals surface area contributed by atoms with Gasteiger partial charge in [0.1, 0.15) is 29.5 Å². The molecule has 286 valence electrons. The van der Waals surface area contributed by atoms with Crippen LogP contribution in [0.15, 0.2) is 133 Å². The van der Waals surface area contributed by atoms with Crippen LogP contribution in [0.1, 0.15) is 39.8 Å². The van der Waals surface area contributed by atoms with Gasteiger partial charge in [-0.2, -0.15) is 5.06 Å². The van der Waals surface area contributed by atoms with Crippen LogP contribution in [0.3, 0.4) is 0 Å². The smallest absolute Gasteiger partial charge is 0.145 e. The van der Waals surface area contributed by atoms with Gasteiger partial charge in [0.05, 0.1) is 12.1 Å². The number of halogens is 4. The standard InChI is InChI=1S/C45H46F4N4O2/c1-55-43-31-50(30-42(53(43)54)44(33-8-16-37(46)17-9-33)34-10-18-38(47)19-11-34)29-41(24-7-32-5-3-2-4-6-32)51-25-27-52(28-26-51)45(35-12-20-39(48)21-13-35)36-14-22-40(49)23-15-36/h2-24,41-45,54H,25-31H2,1H3. The Morgan fingerprint density at radius 1 is 0.618 bits per heavy atom. The number of rotatable bonds is 12. The van der Waals surface area contributed by atoms with Gasteiger partial charge in [0.25, 0.3) is 0 Å². The third-order valence-electron chi connectivity index (χ3n) is 10.9. The Hall–Kier alpha value is -4.68. The maximum atomic E-state index is 14.1. The van der Waals surface area contributed by atoms with E-state index in [1.165, 1.54) is 53.6 Å². The highest BCUT2D eigenvalue weighted by Crippen LogP contribution is 2.35. The van der Waals surface area contributed by atoms with Gasteiger partial charge in [0, 0.05) is 64.9 Å². The second kappa shape index (κ2) is 17.8. The van der Waals surface area contributed by atoms with Gasteiger partial charge in [-0.3, -0.25) is 14.7 Å². The second-order valence-corrected chi connectivity index (χ2v) is 14.4. The third-order valence-corrected chi connectivity index (χ3v) is 10.9. The van der Waals surface area contributed by atoms with Crippen LogP contribution in [-0.2, 0) is 4.74 Å². The van der Waals surface area contributed by atoms with Gasteiger partial charge >= 0.3 is 0 Å². The monoisotopic (exact) mass is 750 g/mol. The minimum atomic E-state index is -0.648. The van der Waals surface area contributed by atoms with E-state index in [0.29, 0.717) is 19.6 Å². The van der Waals surface area contributed by atoms with Crippen molar-refractivity contribution >= 4 is 6.08 Å².